The van der Waals surface area contributed by atoms with E-state index in [0.717, 1.165) is 16.3 Å². The first-order valence-corrected chi connectivity index (χ1v) is 6.46. The molecule has 0 aromatic heterocycles. The topological polar surface area (TPSA) is 35.5 Å². The zero-order chi connectivity index (χ0) is 14.8. The Morgan fingerprint density at radius 3 is 2.50 bits per heavy atom. The van der Waals surface area contributed by atoms with Crippen molar-refractivity contribution in [3.63, 3.8) is 0 Å². The molecule has 0 spiro atoms. The molecule has 0 fully saturated rings. The maximum Gasteiger partial charge on any atom is 0.514 e. The van der Waals surface area contributed by atoms with Crippen molar-refractivity contribution in [1.29, 1.82) is 0 Å². The van der Waals surface area contributed by atoms with Crippen LogP contribution in [0, 0.1) is 0 Å². The number of carbonyl (C=O) groups excluding carboxylic acids is 1. The van der Waals surface area contributed by atoms with Gasteiger partial charge in [-0.2, -0.15) is 0 Å². The van der Waals surface area contributed by atoms with Crippen molar-refractivity contribution in [3.05, 3.63) is 48.5 Å². The summed E-state index contributed by atoms with van der Waals surface area (Å²) in [5, 5.41) is 2.06. The summed E-state index contributed by atoms with van der Waals surface area (Å²) in [6.45, 7) is 9.18. The summed E-state index contributed by atoms with van der Waals surface area (Å²) in [4.78, 5) is 11.8. The van der Waals surface area contributed by atoms with Gasteiger partial charge in [-0.3, -0.25) is 0 Å². The van der Waals surface area contributed by atoms with Crippen molar-refractivity contribution < 1.29 is 14.3 Å². The van der Waals surface area contributed by atoms with E-state index >= 15 is 0 Å². The second kappa shape index (κ2) is 5.37. The van der Waals surface area contributed by atoms with Crippen molar-refractivity contribution in [2.24, 2.45) is 0 Å². The molecule has 0 saturated carbocycles. The van der Waals surface area contributed by atoms with E-state index in [0.29, 0.717) is 5.75 Å². The lowest BCUT2D eigenvalue weighted by atomic mass is 10.0. The Bertz CT molecular complexity index is 651. The van der Waals surface area contributed by atoms with E-state index in [-0.39, 0.29) is 0 Å². The van der Waals surface area contributed by atoms with E-state index in [1.165, 1.54) is 0 Å². The molecule has 0 aliphatic heterocycles. The number of hydrogen-bond donors (Lipinski definition) is 0. The Morgan fingerprint density at radius 2 is 1.85 bits per heavy atom. The third kappa shape index (κ3) is 3.18. The quantitative estimate of drug-likeness (QED) is 0.581. The summed E-state index contributed by atoms with van der Waals surface area (Å²) in [5.74, 6) is 0.452. The molecule has 0 radical (unpaired) electrons. The van der Waals surface area contributed by atoms with Gasteiger partial charge in [0.05, 0.1) is 0 Å². The normalized spacial score (nSPS) is 11.2. The van der Waals surface area contributed by atoms with E-state index in [4.69, 9.17) is 9.47 Å². The first-order chi connectivity index (χ1) is 9.40. The first kappa shape index (κ1) is 14.1. The van der Waals surface area contributed by atoms with Crippen LogP contribution in [0.25, 0.3) is 16.8 Å². The maximum atomic E-state index is 11.8. The minimum Gasteiger partial charge on any atom is -0.428 e. The Labute approximate surface area is 118 Å². The van der Waals surface area contributed by atoms with Gasteiger partial charge in [0, 0.05) is 5.56 Å². The average molecular weight is 270 g/mol. The van der Waals surface area contributed by atoms with Gasteiger partial charge < -0.3 is 9.47 Å². The number of benzene rings is 2. The fraction of sp³-hybridized carbons (Fsp3) is 0.235. The molecule has 20 heavy (non-hydrogen) atoms. The lowest BCUT2D eigenvalue weighted by Crippen LogP contribution is -2.26. The highest BCUT2D eigenvalue weighted by Gasteiger charge is 2.19. The van der Waals surface area contributed by atoms with Crippen molar-refractivity contribution in [3.8, 4) is 5.75 Å². The molecule has 2 aromatic carbocycles. The Morgan fingerprint density at radius 1 is 1.15 bits per heavy atom. The number of hydrogen-bond acceptors (Lipinski definition) is 3. The number of fused-ring (bicyclic) bond motifs is 1. The number of rotatable bonds is 2. The van der Waals surface area contributed by atoms with Gasteiger partial charge in [-0.25, -0.2) is 4.79 Å². The summed E-state index contributed by atoms with van der Waals surface area (Å²) < 4.78 is 10.4. The second-order valence-electron chi connectivity index (χ2n) is 5.47. The Balaban J connectivity index is 2.35. The van der Waals surface area contributed by atoms with Gasteiger partial charge in [0.25, 0.3) is 0 Å². The van der Waals surface area contributed by atoms with Crippen LogP contribution in [-0.2, 0) is 4.74 Å². The number of carbonyl (C=O) groups is 1. The molecule has 2 aromatic rings. The molecule has 0 saturated heterocycles. The Hall–Kier alpha value is -2.29. The minimum atomic E-state index is -0.712. The molecule has 0 bridgehead atoms. The van der Waals surface area contributed by atoms with E-state index in [9.17, 15) is 4.79 Å². The fourth-order valence-corrected chi connectivity index (χ4v) is 1.94. The summed E-state index contributed by atoms with van der Waals surface area (Å²) in [6.07, 6.45) is 0.970. The molecule has 0 aliphatic rings. The van der Waals surface area contributed by atoms with Gasteiger partial charge in [-0.05, 0) is 37.6 Å². The third-order valence-electron chi connectivity index (χ3n) is 2.72. The van der Waals surface area contributed by atoms with Crippen LogP contribution in [-0.4, -0.2) is 11.8 Å². The molecule has 104 valence electrons. The zero-order valence-electron chi connectivity index (χ0n) is 12.0. The molecule has 2 rings (SSSR count). The van der Waals surface area contributed by atoms with Crippen LogP contribution in [0.4, 0.5) is 4.79 Å². The third-order valence-corrected chi connectivity index (χ3v) is 2.72. The summed E-state index contributed by atoms with van der Waals surface area (Å²) in [5.41, 5.74) is 0.205. The SMILES string of the molecule is C=Cc1c(OC(=O)OC(C)(C)C)ccc2ccccc12. The lowest BCUT2D eigenvalue weighted by molar-refractivity contribution is 0.0206. The molecular formula is C17H18O3. The molecule has 0 unspecified atom stereocenters. The molecule has 3 heteroatoms. The van der Waals surface area contributed by atoms with E-state index in [2.05, 4.69) is 6.58 Å². The molecule has 0 heterocycles. The van der Waals surface area contributed by atoms with Gasteiger partial charge >= 0.3 is 6.16 Å². The maximum absolute atomic E-state index is 11.8. The van der Waals surface area contributed by atoms with Gasteiger partial charge in [0.15, 0.2) is 0 Å². The second-order valence-corrected chi connectivity index (χ2v) is 5.47. The van der Waals surface area contributed by atoms with Crippen LogP contribution in [0.1, 0.15) is 26.3 Å². The monoisotopic (exact) mass is 270 g/mol. The zero-order valence-corrected chi connectivity index (χ0v) is 12.0. The van der Waals surface area contributed by atoms with Crippen LogP contribution < -0.4 is 4.74 Å². The summed E-state index contributed by atoms with van der Waals surface area (Å²) >= 11 is 0. The van der Waals surface area contributed by atoms with Crippen LogP contribution >= 0.6 is 0 Å². The Kier molecular flexibility index (Phi) is 3.79. The van der Waals surface area contributed by atoms with Crippen LogP contribution in [0.3, 0.4) is 0 Å². The largest absolute Gasteiger partial charge is 0.514 e. The van der Waals surface area contributed by atoms with Gasteiger partial charge in [0.1, 0.15) is 11.4 Å². The summed E-state index contributed by atoms with van der Waals surface area (Å²) in [6, 6.07) is 11.5. The predicted molar refractivity (Wildman–Crippen MR) is 80.9 cm³/mol. The van der Waals surface area contributed by atoms with Crippen LogP contribution in [0.5, 0.6) is 5.75 Å². The molecule has 3 nitrogen and oxygen atoms in total. The molecule has 0 N–H and O–H groups in total. The molecular weight excluding hydrogens is 252 g/mol. The van der Waals surface area contributed by atoms with Crippen LogP contribution in [0.2, 0.25) is 0 Å². The van der Waals surface area contributed by atoms with Crippen molar-refractivity contribution in [2.75, 3.05) is 0 Å². The van der Waals surface area contributed by atoms with E-state index in [1.807, 2.05) is 30.3 Å². The van der Waals surface area contributed by atoms with E-state index < -0.39 is 11.8 Å². The predicted octanol–water partition coefficient (Wildman–Crippen LogP) is 4.80. The van der Waals surface area contributed by atoms with Crippen molar-refractivity contribution in [1.82, 2.24) is 0 Å². The van der Waals surface area contributed by atoms with Gasteiger partial charge in [-0.15, -0.1) is 0 Å². The highest BCUT2D eigenvalue weighted by Crippen LogP contribution is 2.29. The highest BCUT2D eigenvalue weighted by molar-refractivity contribution is 5.93. The van der Waals surface area contributed by atoms with Crippen molar-refractivity contribution in [2.45, 2.75) is 26.4 Å². The van der Waals surface area contributed by atoms with Gasteiger partial charge in [0.2, 0.25) is 0 Å². The number of ether oxygens (including phenoxy) is 2. The standard InChI is InChI=1S/C17H18O3/c1-5-13-14-9-7-6-8-12(14)10-11-15(13)19-16(18)20-17(2,3)4/h5-11H,1H2,2-4H3. The van der Waals surface area contributed by atoms with Gasteiger partial charge in [-0.1, -0.05) is 43.0 Å². The fourth-order valence-electron chi connectivity index (χ4n) is 1.94. The molecule has 0 amide bonds. The first-order valence-electron chi connectivity index (χ1n) is 6.46. The summed E-state index contributed by atoms with van der Waals surface area (Å²) in [7, 11) is 0. The average Bonchev–Trinajstić information content (AvgIpc) is 2.36. The van der Waals surface area contributed by atoms with Crippen molar-refractivity contribution >= 4 is 23.0 Å². The van der Waals surface area contributed by atoms with E-state index in [1.54, 1.807) is 32.9 Å². The lowest BCUT2D eigenvalue weighted by Gasteiger charge is -2.19. The smallest absolute Gasteiger partial charge is 0.428 e. The highest BCUT2D eigenvalue weighted by atomic mass is 16.7. The molecule has 0 atom stereocenters. The van der Waals surface area contributed by atoms with Crippen LogP contribution in [0.15, 0.2) is 43.0 Å². The minimum absolute atomic E-state index is 0.452. The molecule has 0 aliphatic carbocycles.